The van der Waals surface area contributed by atoms with Gasteiger partial charge in [-0.2, -0.15) is 0 Å². The van der Waals surface area contributed by atoms with Crippen molar-refractivity contribution in [1.82, 2.24) is 19.5 Å². The van der Waals surface area contributed by atoms with Gasteiger partial charge in [-0.05, 0) is 0 Å². The lowest BCUT2D eigenvalue weighted by molar-refractivity contribution is -0.0837. The van der Waals surface area contributed by atoms with E-state index in [9.17, 15) is 0 Å². The van der Waals surface area contributed by atoms with E-state index in [4.69, 9.17) is 9.47 Å². The maximum Gasteiger partial charge on any atom is 0.165 e. The summed E-state index contributed by atoms with van der Waals surface area (Å²) in [5.41, 5.74) is 1.64. The van der Waals surface area contributed by atoms with Gasteiger partial charge < -0.3 is 18.9 Å². The average Bonchev–Trinajstić information content (AvgIpc) is 2.82. The Labute approximate surface area is 111 Å². The van der Waals surface area contributed by atoms with Gasteiger partial charge in [0.15, 0.2) is 17.0 Å². The number of aromatic nitrogens is 4. The Hall–Kier alpha value is -1.73. The molecule has 7 nitrogen and oxygen atoms in total. The minimum atomic E-state index is 0.0764. The van der Waals surface area contributed by atoms with Gasteiger partial charge in [-0.1, -0.05) is 0 Å². The van der Waals surface area contributed by atoms with Crippen LogP contribution < -0.4 is 4.90 Å². The normalized spacial score (nSPS) is 19.8. The van der Waals surface area contributed by atoms with Crippen LogP contribution in [-0.4, -0.2) is 59.0 Å². The zero-order valence-corrected chi connectivity index (χ0v) is 11.1. The van der Waals surface area contributed by atoms with E-state index in [-0.39, 0.29) is 6.10 Å². The molecule has 0 aromatic carbocycles. The SMILES string of the molecule is CN(CC1COCCO1)c1ncnc2c1ncn2C. The molecule has 3 rings (SSSR count). The third kappa shape index (κ3) is 2.39. The summed E-state index contributed by atoms with van der Waals surface area (Å²) in [7, 11) is 3.90. The molecule has 0 bridgehead atoms. The van der Waals surface area contributed by atoms with Gasteiger partial charge in [0, 0.05) is 20.6 Å². The Kier molecular flexibility index (Phi) is 3.31. The number of nitrogens with zero attached hydrogens (tertiary/aromatic N) is 5. The molecule has 0 spiro atoms. The molecule has 3 heterocycles. The van der Waals surface area contributed by atoms with Gasteiger partial charge in [0.25, 0.3) is 0 Å². The van der Waals surface area contributed by atoms with Crippen molar-refractivity contribution in [3.8, 4) is 0 Å². The van der Waals surface area contributed by atoms with Crippen LogP contribution in [0.5, 0.6) is 0 Å². The molecule has 19 heavy (non-hydrogen) atoms. The predicted molar refractivity (Wildman–Crippen MR) is 70.1 cm³/mol. The van der Waals surface area contributed by atoms with Crippen LogP contribution in [0, 0.1) is 0 Å². The molecule has 1 saturated heterocycles. The van der Waals surface area contributed by atoms with Crippen molar-refractivity contribution in [2.75, 3.05) is 38.3 Å². The molecule has 1 aliphatic rings. The van der Waals surface area contributed by atoms with Crippen LogP contribution >= 0.6 is 0 Å². The lowest BCUT2D eigenvalue weighted by Crippen LogP contribution is -2.38. The summed E-state index contributed by atoms with van der Waals surface area (Å²) in [6, 6.07) is 0. The van der Waals surface area contributed by atoms with Crippen LogP contribution in [0.1, 0.15) is 0 Å². The second kappa shape index (κ2) is 5.10. The highest BCUT2D eigenvalue weighted by Gasteiger charge is 2.19. The molecule has 0 aliphatic carbocycles. The summed E-state index contributed by atoms with van der Waals surface area (Å²) in [4.78, 5) is 15.0. The summed E-state index contributed by atoms with van der Waals surface area (Å²) in [5, 5.41) is 0. The van der Waals surface area contributed by atoms with Crippen LogP contribution in [0.25, 0.3) is 11.2 Å². The number of fused-ring (bicyclic) bond motifs is 1. The van der Waals surface area contributed by atoms with Crippen molar-refractivity contribution in [1.29, 1.82) is 0 Å². The number of likely N-dealkylation sites (N-methyl/N-ethyl adjacent to an activating group) is 1. The highest BCUT2D eigenvalue weighted by molar-refractivity contribution is 5.83. The van der Waals surface area contributed by atoms with E-state index >= 15 is 0 Å². The molecule has 2 aromatic rings. The van der Waals surface area contributed by atoms with Crippen LogP contribution in [0.2, 0.25) is 0 Å². The third-order valence-electron chi connectivity index (χ3n) is 3.20. The first-order valence-corrected chi connectivity index (χ1v) is 6.28. The molecule has 0 amide bonds. The number of aryl methyl sites for hydroxylation is 1. The van der Waals surface area contributed by atoms with Gasteiger partial charge in [0.05, 0.1) is 32.3 Å². The van der Waals surface area contributed by atoms with E-state index in [0.29, 0.717) is 19.8 Å². The summed E-state index contributed by atoms with van der Waals surface area (Å²) in [6.45, 7) is 2.68. The van der Waals surface area contributed by atoms with E-state index in [1.54, 1.807) is 12.7 Å². The Morgan fingerprint density at radius 3 is 3.05 bits per heavy atom. The molecule has 0 saturated carbocycles. The zero-order chi connectivity index (χ0) is 13.2. The molecule has 2 aromatic heterocycles. The number of ether oxygens (including phenoxy) is 2. The first-order chi connectivity index (χ1) is 9.25. The van der Waals surface area contributed by atoms with Gasteiger partial charge in [0.2, 0.25) is 0 Å². The smallest absolute Gasteiger partial charge is 0.165 e. The second-order valence-corrected chi connectivity index (χ2v) is 4.67. The van der Waals surface area contributed by atoms with E-state index in [1.165, 1.54) is 0 Å². The molecule has 7 heteroatoms. The quantitative estimate of drug-likeness (QED) is 0.789. The molecule has 1 unspecified atom stereocenters. The fourth-order valence-electron chi connectivity index (χ4n) is 2.25. The first-order valence-electron chi connectivity index (χ1n) is 6.28. The standard InChI is InChI=1S/C12H17N5O2/c1-16(5-9-6-18-3-4-19-9)11-10-12(14-7-13-11)17(2)8-15-10/h7-9H,3-6H2,1-2H3. The maximum atomic E-state index is 5.65. The minimum absolute atomic E-state index is 0.0764. The Bertz CT molecular complexity index is 564. The molecule has 1 fully saturated rings. The lowest BCUT2D eigenvalue weighted by Gasteiger charge is -2.28. The number of hydrogen-bond donors (Lipinski definition) is 0. The van der Waals surface area contributed by atoms with Crippen molar-refractivity contribution < 1.29 is 9.47 Å². The van der Waals surface area contributed by atoms with Crippen molar-refractivity contribution in [3.63, 3.8) is 0 Å². The summed E-state index contributed by atoms with van der Waals surface area (Å²) in [5.74, 6) is 0.819. The topological polar surface area (TPSA) is 65.3 Å². The molecule has 102 valence electrons. The van der Waals surface area contributed by atoms with Crippen molar-refractivity contribution >= 4 is 17.0 Å². The van der Waals surface area contributed by atoms with Crippen LogP contribution in [0.4, 0.5) is 5.82 Å². The largest absolute Gasteiger partial charge is 0.376 e. The summed E-state index contributed by atoms with van der Waals surface area (Å²) >= 11 is 0. The minimum Gasteiger partial charge on any atom is -0.376 e. The van der Waals surface area contributed by atoms with Gasteiger partial charge >= 0.3 is 0 Å². The monoisotopic (exact) mass is 263 g/mol. The van der Waals surface area contributed by atoms with E-state index in [0.717, 1.165) is 23.5 Å². The van der Waals surface area contributed by atoms with E-state index in [2.05, 4.69) is 15.0 Å². The highest BCUT2D eigenvalue weighted by Crippen LogP contribution is 2.20. The van der Waals surface area contributed by atoms with Crippen LogP contribution in [-0.2, 0) is 16.5 Å². The van der Waals surface area contributed by atoms with Crippen LogP contribution in [0.15, 0.2) is 12.7 Å². The maximum absolute atomic E-state index is 5.65. The Morgan fingerprint density at radius 2 is 2.26 bits per heavy atom. The van der Waals surface area contributed by atoms with Gasteiger partial charge in [-0.3, -0.25) is 0 Å². The van der Waals surface area contributed by atoms with Gasteiger partial charge in [-0.15, -0.1) is 0 Å². The third-order valence-corrected chi connectivity index (χ3v) is 3.20. The second-order valence-electron chi connectivity index (χ2n) is 4.67. The zero-order valence-electron chi connectivity index (χ0n) is 11.1. The number of rotatable bonds is 3. The van der Waals surface area contributed by atoms with Gasteiger partial charge in [0.1, 0.15) is 6.33 Å². The van der Waals surface area contributed by atoms with E-state index in [1.807, 2.05) is 23.6 Å². The van der Waals surface area contributed by atoms with Gasteiger partial charge in [-0.25, -0.2) is 15.0 Å². The number of imidazole rings is 1. The first kappa shape index (κ1) is 12.3. The van der Waals surface area contributed by atoms with Crippen molar-refractivity contribution in [2.45, 2.75) is 6.10 Å². The van der Waals surface area contributed by atoms with Crippen molar-refractivity contribution in [3.05, 3.63) is 12.7 Å². The Balaban J connectivity index is 1.82. The molecule has 0 N–H and O–H groups in total. The molecular weight excluding hydrogens is 246 g/mol. The summed E-state index contributed by atoms with van der Waals surface area (Å²) in [6.07, 6.45) is 3.39. The number of hydrogen-bond acceptors (Lipinski definition) is 6. The fraction of sp³-hybridized carbons (Fsp3) is 0.583. The highest BCUT2D eigenvalue weighted by atomic mass is 16.6. The molecular formula is C12H17N5O2. The van der Waals surface area contributed by atoms with E-state index < -0.39 is 0 Å². The number of anilines is 1. The molecule has 1 aliphatic heterocycles. The molecule has 0 radical (unpaired) electrons. The molecule has 1 atom stereocenters. The van der Waals surface area contributed by atoms with Crippen molar-refractivity contribution in [2.24, 2.45) is 7.05 Å². The summed E-state index contributed by atoms with van der Waals surface area (Å²) < 4.78 is 12.9. The fourth-order valence-corrected chi connectivity index (χ4v) is 2.25. The average molecular weight is 263 g/mol. The lowest BCUT2D eigenvalue weighted by atomic mass is 10.3. The predicted octanol–water partition coefficient (Wildman–Crippen LogP) is 0.215. The Morgan fingerprint density at radius 1 is 1.37 bits per heavy atom. The van der Waals surface area contributed by atoms with Crippen LogP contribution in [0.3, 0.4) is 0 Å².